The SMILES string of the molecule is CCCCc1cc(C=O)c2cc(C(C)C)cccc1-2. The van der Waals surface area contributed by atoms with E-state index in [1.165, 1.54) is 29.5 Å². The number of hydrogen-bond acceptors (Lipinski definition) is 1. The first-order chi connectivity index (χ1) is 9.17. The molecule has 0 aromatic carbocycles. The minimum atomic E-state index is 0.476. The maximum Gasteiger partial charge on any atom is 0.150 e. The van der Waals surface area contributed by atoms with Crippen LogP contribution in [0.5, 0.6) is 0 Å². The molecule has 0 fully saturated rings. The second-order valence-corrected chi connectivity index (χ2v) is 5.50. The zero-order valence-electron chi connectivity index (χ0n) is 12.1. The normalized spacial score (nSPS) is 11.2. The number of aryl methyl sites for hydroxylation is 1. The van der Waals surface area contributed by atoms with Gasteiger partial charge in [-0.15, -0.1) is 0 Å². The van der Waals surface area contributed by atoms with Crippen molar-refractivity contribution in [3.8, 4) is 11.1 Å². The molecule has 0 N–H and O–H groups in total. The fourth-order valence-electron chi connectivity index (χ4n) is 2.53. The van der Waals surface area contributed by atoms with Crippen LogP contribution in [0.25, 0.3) is 11.1 Å². The first kappa shape index (κ1) is 13.8. The molecule has 0 saturated carbocycles. The standard InChI is InChI=1S/C18H22O/c1-4-5-7-15-10-16(12-19)18-11-14(13(2)3)8-6-9-17(15)18/h6,8-13H,4-5,7H2,1-3H3. The summed E-state index contributed by atoms with van der Waals surface area (Å²) in [7, 11) is 0. The Morgan fingerprint density at radius 3 is 2.58 bits per heavy atom. The molecule has 0 unspecified atom stereocenters. The fraction of sp³-hybridized carbons (Fsp3) is 0.389. The van der Waals surface area contributed by atoms with E-state index in [0.717, 1.165) is 23.8 Å². The Morgan fingerprint density at radius 1 is 1.16 bits per heavy atom. The van der Waals surface area contributed by atoms with Gasteiger partial charge in [-0.3, -0.25) is 4.79 Å². The van der Waals surface area contributed by atoms with Crippen molar-refractivity contribution in [3.05, 3.63) is 47.0 Å². The topological polar surface area (TPSA) is 17.1 Å². The number of fused-ring (bicyclic) bond motifs is 1. The van der Waals surface area contributed by atoms with Crippen LogP contribution in [-0.4, -0.2) is 6.29 Å². The largest absolute Gasteiger partial charge is 0.298 e. The average molecular weight is 254 g/mol. The predicted octanol–water partition coefficient (Wildman–Crippen LogP) is 5.07. The molecule has 0 heterocycles. The van der Waals surface area contributed by atoms with Gasteiger partial charge in [-0.1, -0.05) is 51.5 Å². The summed E-state index contributed by atoms with van der Waals surface area (Å²) in [5, 5.41) is 0. The van der Waals surface area contributed by atoms with Crippen molar-refractivity contribution in [1.82, 2.24) is 0 Å². The second-order valence-electron chi connectivity index (χ2n) is 5.50. The van der Waals surface area contributed by atoms with E-state index in [0.29, 0.717) is 5.92 Å². The van der Waals surface area contributed by atoms with Crippen molar-refractivity contribution in [1.29, 1.82) is 0 Å². The molecular weight excluding hydrogens is 232 g/mol. The van der Waals surface area contributed by atoms with Crippen LogP contribution >= 0.6 is 0 Å². The molecule has 2 rings (SSSR count). The van der Waals surface area contributed by atoms with E-state index in [1.54, 1.807) is 0 Å². The van der Waals surface area contributed by atoms with Crippen LogP contribution in [0, 0.1) is 0 Å². The zero-order chi connectivity index (χ0) is 13.8. The lowest BCUT2D eigenvalue weighted by Gasteiger charge is -2.03. The maximum absolute atomic E-state index is 11.3. The molecule has 2 aliphatic rings. The number of rotatable bonds is 5. The van der Waals surface area contributed by atoms with Gasteiger partial charge in [0.05, 0.1) is 0 Å². The molecule has 0 aromatic rings. The van der Waals surface area contributed by atoms with Gasteiger partial charge in [-0.05, 0) is 47.1 Å². The summed E-state index contributed by atoms with van der Waals surface area (Å²) in [6.45, 7) is 6.56. The van der Waals surface area contributed by atoms with E-state index in [-0.39, 0.29) is 0 Å². The third-order valence-corrected chi connectivity index (χ3v) is 3.73. The highest BCUT2D eigenvalue weighted by atomic mass is 16.1. The third kappa shape index (κ3) is 2.86. The minimum Gasteiger partial charge on any atom is -0.298 e. The number of carbonyl (C=O) groups is 1. The summed E-state index contributed by atoms with van der Waals surface area (Å²) in [4.78, 5) is 11.3. The van der Waals surface area contributed by atoms with Crippen molar-refractivity contribution < 1.29 is 4.79 Å². The van der Waals surface area contributed by atoms with Crippen molar-refractivity contribution in [2.24, 2.45) is 0 Å². The molecule has 0 atom stereocenters. The fourth-order valence-corrected chi connectivity index (χ4v) is 2.53. The Morgan fingerprint density at radius 2 is 1.95 bits per heavy atom. The van der Waals surface area contributed by atoms with E-state index in [2.05, 4.69) is 51.1 Å². The molecule has 0 aliphatic heterocycles. The Balaban J connectivity index is 2.53. The van der Waals surface area contributed by atoms with Crippen LogP contribution in [0.2, 0.25) is 0 Å². The van der Waals surface area contributed by atoms with Gasteiger partial charge < -0.3 is 0 Å². The van der Waals surface area contributed by atoms with Crippen molar-refractivity contribution in [3.63, 3.8) is 0 Å². The van der Waals surface area contributed by atoms with Crippen molar-refractivity contribution in [2.45, 2.75) is 46.0 Å². The van der Waals surface area contributed by atoms with Crippen LogP contribution in [0.15, 0.2) is 30.3 Å². The number of aldehydes is 1. The van der Waals surface area contributed by atoms with Gasteiger partial charge in [0.2, 0.25) is 0 Å². The van der Waals surface area contributed by atoms with Gasteiger partial charge in [0.25, 0.3) is 0 Å². The first-order valence-corrected chi connectivity index (χ1v) is 7.18. The van der Waals surface area contributed by atoms with E-state index >= 15 is 0 Å². The lowest BCUT2D eigenvalue weighted by molar-refractivity contribution is 0.112. The van der Waals surface area contributed by atoms with Crippen LogP contribution < -0.4 is 0 Å². The monoisotopic (exact) mass is 254 g/mol. The summed E-state index contributed by atoms with van der Waals surface area (Å²) >= 11 is 0. The number of carbonyl (C=O) groups excluding carboxylic acids is 1. The molecule has 0 spiro atoms. The summed E-state index contributed by atoms with van der Waals surface area (Å²) in [6.07, 6.45) is 4.40. The van der Waals surface area contributed by atoms with E-state index < -0.39 is 0 Å². The van der Waals surface area contributed by atoms with Crippen LogP contribution in [0.3, 0.4) is 0 Å². The smallest absolute Gasteiger partial charge is 0.150 e. The van der Waals surface area contributed by atoms with Crippen LogP contribution in [0.1, 0.15) is 61.0 Å². The first-order valence-electron chi connectivity index (χ1n) is 7.18. The van der Waals surface area contributed by atoms with E-state index in [9.17, 15) is 4.79 Å². The van der Waals surface area contributed by atoms with Crippen molar-refractivity contribution in [2.75, 3.05) is 0 Å². The summed E-state index contributed by atoms with van der Waals surface area (Å²) in [6, 6.07) is 10.7. The van der Waals surface area contributed by atoms with E-state index in [4.69, 9.17) is 0 Å². The molecule has 1 nitrogen and oxygen atoms in total. The van der Waals surface area contributed by atoms with Gasteiger partial charge >= 0.3 is 0 Å². The molecule has 0 bridgehead atoms. The Bertz CT molecular complexity index is 540. The summed E-state index contributed by atoms with van der Waals surface area (Å²) in [5.41, 5.74) is 5.77. The molecule has 0 aromatic heterocycles. The summed E-state index contributed by atoms with van der Waals surface area (Å²) in [5.74, 6) is 0.476. The average Bonchev–Trinajstić information content (AvgIpc) is 2.59. The lowest BCUT2D eigenvalue weighted by atomic mass is 10.0. The molecule has 0 saturated heterocycles. The van der Waals surface area contributed by atoms with Crippen molar-refractivity contribution >= 4 is 6.29 Å². The van der Waals surface area contributed by atoms with Crippen LogP contribution in [0.4, 0.5) is 0 Å². The quantitative estimate of drug-likeness (QED) is 0.681. The van der Waals surface area contributed by atoms with Gasteiger partial charge in [0.1, 0.15) is 0 Å². The second kappa shape index (κ2) is 6.01. The Labute approximate surface area is 116 Å². The Hall–Kier alpha value is -1.63. The van der Waals surface area contributed by atoms with Gasteiger partial charge in [-0.25, -0.2) is 0 Å². The highest BCUT2D eigenvalue weighted by molar-refractivity contribution is 5.91. The molecule has 100 valence electrons. The molecule has 0 amide bonds. The van der Waals surface area contributed by atoms with E-state index in [1.807, 2.05) is 0 Å². The zero-order valence-corrected chi connectivity index (χ0v) is 12.1. The molecule has 1 heteroatoms. The lowest BCUT2D eigenvalue weighted by Crippen LogP contribution is -1.85. The highest BCUT2D eigenvalue weighted by Gasteiger charge is 2.15. The molecule has 0 radical (unpaired) electrons. The van der Waals surface area contributed by atoms with Gasteiger partial charge in [0, 0.05) is 5.56 Å². The minimum absolute atomic E-state index is 0.476. The molecular formula is C18H22O. The van der Waals surface area contributed by atoms with Gasteiger partial charge in [0.15, 0.2) is 6.29 Å². The molecule has 19 heavy (non-hydrogen) atoms. The number of hydrogen-bond donors (Lipinski definition) is 0. The van der Waals surface area contributed by atoms with Gasteiger partial charge in [-0.2, -0.15) is 0 Å². The summed E-state index contributed by atoms with van der Waals surface area (Å²) < 4.78 is 0. The highest BCUT2D eigenvalue weighted by Crippen LogP contribution is 2.33. The molecule has 2 aliphatic carbocycles. The predicted molar refractivity (Wildman–Crippen MR) is 81.2 cm³/mol. The Kier molecular flexibility index (Phi) is 4.36. The van der Waals surface area contributed by atoms with Crippen LogP contribution in [-0.2, 0) is 6.42 Å². The third-order valence-electron chi connectivity index (χ3n) is 3.73. The maximum atomic E-state index is 11.3. The number of unbranched alkanes of at least 4 members (excludes halogenated alkanes) is 1.